The van der Waals surface area contributed by atoms with Crippen molar-refractivity contribution in [1.29, 1.82) is 0 Å². The lowest BCUT2D eigenvalue weighted by Gasteiger charge is -2.25. The van der Waals surface area contributed by atoms with Crippen LogP contribution in [0.3, 0.4) is 0 Å². The first-order chi connectivity index (χ1) is 9.03. The van der Waals surface area contributed by atoms with Crippen molar-refractivity contribution in [3.63, 3.8) is 0 Å². The van der Waals surface area contributed by atoms with E-state index in [1.807, 2.05) is 5.32 Å². The topological polar surface area (TPSA) is 150 Å². The molecule has 9 nitrogen and oxygen atoms in total. The normalized spacial score (nSPS) is 25.6. The van der Waals surface area contributed by atoms with Crippen molar-refractivity contribution in [1.82, 2.24) is 10.6 Å². The lowest BCUT2D eigenvalue weighted by atomic mass is 10.0. The molecule has 0 radical (unpaired) electrons. The maximum atomic E-state index is 11.6. The summed E-state index contributed by atoms with van der Waals surface area (Å²) in [6, 6.07) is -2.48. The highest BCUT2D eigenvalue weighted by Crippen LogP contribution is 2.22. The fourth-order valence-corrected chi connectivity index (χ4v) is 4.05. The molecule has 20 heavy (non-hydrogen) atoms. The highest BCUT2D eigenvalue weighted by atomic mass is 32.2. The van der Waals surface area contributed by atoms with E-state index in [0.717, 1.165) is 0 Å². The summed E-state index contributed by atoms with van der Waals surface area (Å²) >= 11 is 0. The minimum atomic E-state index is -3.22. The van der Waals surface area contributed by atoms with E-state index in [-0.39, 0.29) is 17.9 Å². The lowest BCUT2D eigenvalue weighted by Crippen LogP contribution is -2.54. The zero-order chi connectivity index (χ0) is 15.6. The molecular formula is C10H16N2O7S. The number of sulfone groups is 1. The zero-order valence-corrected chi connectivity index (χ0v) is 11.6. The van der Waals surface area contributed by atoms with Gasteiger partial charge in [0.1, 0.15) is 6.04 Å². The van der Waals surface area contributed by atoms with Gasteiger partial charge in [-0.25, -0.2) is 18.0 Å². The Labute approximate surface area is 115 Å². The minimum absolute atomic E-state index is 0.0543. The summed E-state index contributed by atoms with van der Waals surface area (Å²) in [6.07, 6.45) is -0.544. The molecular weight excluding hydrogens is 292 g/mol. The highest BCUT2D eigenvalue weighted by molar-refractivity contribution is 7.91. The van der Waals surface area contributed by atoms with Gasteiger partial charge in [-0.2, -0.15) is 0 Å². The Balaban J connectivity index is 2.63. The molecule has 114 valence electrons. The third kappa shape index (κ3) is 4.68. The van der Waals surface area contributed by atoms with Crippen LogP contribution in [0, 0.1) is 0 Å². The van der Waals surface area contributed by atoms with E-state index in [9.17, 15) is 22.8 Å². The van der Waals surface area contributed by atoms with Gasteiger partial charge in [0.25, 0.3) is 0 Å². The number of nitrogens with one attached hydrogen (secondary N) is 2. The second-order valence-electron chi connectivity index (χ2n) is 4.99. The van der Waals surface area contributed by atoms with Crippen LogP contribution in [0.4, 0.5) is 4.79 Å². The van der Waals surface area contributed by atoms with E-state index in [4.69, 9.17) is 10.2 Å². The van der Waals surface area contributed by atoms with Gasteiger partial charge >= 0.3 is 18.0 Å². The van der Waals surface area contributed by atoms with Gasteiger partial charge in [-0.15, -0.1) is 0 Å². The predicted molar refractivity (Wildman–Crippen MR) is 67.0 cm³/mol. The fourth-order valence-electron chi connectivity index (χ4n) is 1.95. The molecule has 1 saturated heterocycles. The molecule has 0 saturated carbocycles. The van der Waals surface area contributed by atoms with E-state index in [1.165, 1.54) is 6.92 Å². The molecule has 0 aromatic heterocycles. The number of carbonyl (C=O) groups is 3. The Kier molecular flexibility index (Phi) is 4.58. The Hall–Kier alpha value is -1.84. The third-order valence-electron chi connectivity index (χ3n) is 2.90. The zero-order valence-electron chi connectivity index (χ0n) is 10.7. The SMILES string of the molecule is CC1(NC(=O)N[C@@H](CC(=O)O)C(=O)O)CCS(=O)(=O)C1. The molecule has 10 heteroatoms. The largest absolute Gasteiger partial charge is 0.481 e. The van der Waals surface area contributed by atoms with Gasteiger partial charge in [0.2, 0.25) is 0 Å². The summed E-state index contributed by atoms with van der Waals surface area (Å²) in [4.78, 5) is 32.9. The van der Waals surface area contributed by atoms with Gasteiger partial charge in [0, 0.05) is 0 Å². The fraction of sp³-hybridized carbons (Fsp3) is 0.700. The summed E-state index contributed by atoms with van der Waals surface area (Å²) in [6.45, 7) is 1.53. The van der Waals surface area contributed by atoms with Crippen LogP contribution in [0.15, 0.2) is 0 Å². The van der Waals surface area contributed by atoms with Gasteiger partial charge < -0.3 is 20.8 Å². The molecule has 1 aliphatic heterocycles. The summed E-state index contributed by atoms with van der Waals surface area (Å²) in [5.74, 6) is -3.13. The number of carboxylic acids is 2. The molecule has 0 spiro atoms. The molecule has 0 aromatic rings. The standard InChI is InChI=1S/C10H16N2O7S/c1-10(2-3-20(18,19)5-10)12-9(17)11-6(8(15)16)4-7(13)14/h6H,2-5H2,1H3,(H,13,14)(H,15,16)(H2,11,12,17)/t6-,10?/m0/s1. The quantitative estimate of drug-likeness (QED) is 0.497. The Morgan fingerprint density at radius 3 is 2.30 bits per heavy atom. The van der Waals surface area contributed by atoms with Crippen LogP contribution in [-0.4, -0.2) is 59.7 Å². The first kappa shape index (κ1) is 16.2. The van der Waals surface area contributed by atoms with Crippen molar-refractivity contribution in [2.45, 2.75) is 31.3 Å². The molecule has 1 rings (SSSR count). The second kappa shape index (κ2) is 5.65. The number of aliphatic carboxylic acids is 2. The molecule has 2 atom stereocenters. The number of hydrogen-bond donors (Lipinski definition) is 4. The molecule has 2 amide bonds. The number of amides is 2. The monoisotopic (exact) mass is 308 g/mol. The van der Waals surface area contributed by atoms with Gasteiger partial charge in [-0.3, -0.25) is 4.79 Å². The summed E-state index contributed by atoms with van der Waals surface area (Å²) in [5, 5.41) is 21.7. The Bertz CT molecular complexity index is 530. The van der Waals surface area contributed by atoms with Crippen LogP contribution >= 0.6 is 0 Å². The van der Waals surface area contributed by atoms with Gasteiger partial charge in [-0.1, -0.05) is 0 Å². The van der Waals surface area contributed by atoms with E-state index >= 15 is 0 Å². The van der Waals surface area contributed by atoms with Gasteiger partial charge in [0.15, 0.2) is 9.84 Å². The molecule has 1 unspecified atom stereocenters. The minimum Gasteiger partial charge on any atom is -0.481 e. The maximum absolute atomic E-state index is 11.6. The van der Waals surface area contributed by atoms with Crippen LogP contribution in [0.1, 0.15) is 19.8 Å². The van der Waals surface area contributed by atoms with Gasteiger partial charge in [-0.05, 0) is 13.3 Å². The molecule has 0 bridgehead atoms. The van der Waals surface area contributed by atoms with Crippen molar-refractivity contribution in [3.8, 4) is 0 Å². The lowest BCUT2D eigenvalue weighted by molar-refractivity contribution is -0.145. The van der Waals surface area contributed by atoms with Crippen LogP contribution in [-0.2, 0) is 19.4 Å². The molecule has 0 aliphatic carbocycles. The average Bonchev–Trinajstić information content (AvgIpc) is 2.50. The Morgan fingerprint density at radius 1 is 1.30 bits per heavy atom. The summed E-state index contributed by atoms with van der Waals surface area (Å²) in [5.41, 5.74) is -0.977. The van der Waals surface area contributed by atoms with E-state index in [0.29, 0.717) is 0 Å². The molecule has 1 fully saturated rings. The van der Waals surface area contributed by atoms with Crippen molar-refractivity contribution in [3.05, 3.63) is 0 Å². The number of rotatable bonds is 5. The summed E-state index contributed by atoms with van der Waals surface area (Å²) < 4.78 is 22.7. The first-order valence-corrected chi connectivity index (χ1v) is 7.59. The maximum Gasteiger partial charge on any atom is 0.326 e. The van der Waals surface area contributed by atoms with Gasteiger partial charge in [0.05, 0.1) is 23.5 Å². The number of hydrogen-bond acceptors (Lipinski definition) is 5. The van der Waals surface area contributed by atoms with Crippen molar-refractivity contribution < 1.29 is 33.0 Å². The van der Waals surface area contributed by atoms with Crippen molar-refractivity contribution in [2.24, 2.45) is 0 Å². The van der Waals surface area contributed by atoms with Crippen molar-refractivity contribution >= 4 is 27.8 Å². The van der Waals surface area contributed by atoms with Crippen LogP contribution < -0.4 is 10.6 Å². The molecule has 1 aliphatic rings. The number of urea groups is 1. The Morgan fingerprint density at radius 2 is 1.90 bits per heavy atom. The van der Waals surface area contributed by atoms with Crippen LogP contribution in [0.2, 0.25) is 0 Å². The number of carbonyl (C=O) groups excluding carboxylic acids is 1. The first-order valence-electron chi connectivity index (χ1n) is 5.77. The molecule has 0 aromatic carbocycles. The average molecular weight is 308 g/mol. The third-order valence-corrected chi connectivity index (χ3v) is 4.80. The summed E-state index contributed by atoms with van der Waals surface area (Å²) in [7, 11) is -3.22. The van der Waals surface area contributed by atoms with E-state index in [2.05, 4.69) is 5.32 Å². The van der Waals surface area contributed by atoms with E-state index < -0.39 is 45.8 Å². The second-order valence-corrected chi connectivity index (χ2v) is 7.17. The van der Waals surface area contributed by atoms with Crippen molar-refractivity contribution in [2.75, 3.05) is 11.5 Å². The van der Waals surface area contributed by atoms with Crippen LogP contribution in [0.5, 0.6) is 0 Å². The highest BCUT2D eigenvalue weighted by Gasteiger charge is 2.40. The van der Waals surface area contributed by atoms with Crippen LogP contribution in [0.25, 0.3) is 0 Å². The smallest absolute Gasteiger partial charge is 0.326 e. The molecule has 1 heterocycles. The number of carboxylic acid groups (broad SMARTS) is 2. The van der Waals surface area contributed by atoms with E-state index in [1.54, 1.807) is 0 Å². The predicted octanol–water partition coefficient (Wildman–Crippen LogP) is -1.21. The molecule has 4 N–H and O–H groups in total.